The average molecular weight is 396 g/mol. The molecule has 7 heteroatoms. The van der Waals surface area contributed by atoms with Gasteiger partial charge in [-0.2, -0.15) is 0 Å². The molecule has 152 valence electrons. The maximum Gasteiger partial charge on any atom is 0.317 e. The lowest BCUT2D eigenvalue weighted by Crippen LogP contribution is -2.54. The fourth-order valence-electron chi connectivity index (χ4n) is 3.04. The number of aliphatic imine (C=N–C) groups is 1. The van der Waals surface area contributed by atoms with Gasteiger partial charge in [0.1, 0.15) is 5.82 Å². The molecule has 2 aromatic carbocycles. The number of benzene rings is 2. The minimum absolute atomic E-state index is 0.268. The Balaban J connectivity index is 2.06. The second-order valence-electron chi connectivity index (χ2n) is 7.61. The van der Waals surface area contributed by atoms with Crippen LogP contribution in [0.5, 0.6) is 0 Å². The second kappa shape index (κ2) is 8.03. The van der Waals surface area contributed by atoms with Crippen molar-refractivity contribution >= 4 is 23.3 Å². The zero-order chi connectivity index (χ0) is 21.2. The number of rotatable bonds is 4. The summed E-state index contributed by atoms with van der Waals surface area (Å²) in [6.45, 7) is 5.73. The molecule has 0 bridgehead atoms. The van der Waals surface area contributed by atoms with Gasteiger partial charge in [0.25, 0.3) is 5.91 Å². The van der Waals surface area contributed by atoms with Crippen LogP contribution in [0.2, 0.25) is 0 Å². The number of urea groups is 1. The topological polar surface area (TPSA) is 73.8 Å². The molecule has 0 spiro atoms. The van der Waals surface area contributed by atoms with Gasteiger partial charge in [0.15, 0.2) is 0 Å². The molecule has 0 radical (unpaired) electrons. The summed E-state index contributed by atoms with van der Waals surface area (Å²) in [5.74, 6) is -0.860. The van der Waals surface area contributed by atoms with E-state index in [9.17, 15) is 14.0 Å². The van der Waals surface area contributed by atoms with Crippen molar-refractivity contribution in [2.75, 3.05) is 11.9 Å². The standard InChI is InChI=1S/C22H25FN4O2/c1-5-22(2,3)26-21(29)25-19-20(28)27(4)17-13-9-7-11-15(17)18(24-19)14-10-6-8-12-16(14)23/h6-13,19H,5H2,1-4H3,(H2,25,26,29). The summed E-state index contributed by atoms with van der Waals surface area (Å²) in [5.41, 5.74) is 1.36. The van der Waals surface area contributed by atoms with E-state index in [1.807, 2.05) is 20.8 Å². The molecule has 0 aliphatic carbocycles. The Hall–Kier alpha value is -3.22. The van der Waals surface area contributed by atoms with Crippen LogP contribution in [0.1, 0.15) is 38.3 Å². The van der Waals surface area contributed by atoms with Gasteiger partial charge in [-0.3, -0.25) is 4.79 Å². The molecule has 1 unspecified atom stereocenters. The minimum Gasteiger partial charge on any atom is -0.333 e. The molecule has 1 aliphatic rings. The van der Waals surface area contributed by atoms with Gasteiger partial charge in [-0.05, 0) is 38.5 Å². The summed E-state index contributed by atoms with van der Waals surface area (Å²) in [4.78, 5) is 31.4. The summed E-state index contributed by atoms with van der Waals surface area (Å²) < 4.78 is 14.6. The first-order valence-electron chi connectivity index (χ1n) is 9.52. The minimum atomic E-state index is -1.19. The van der Waals surface area contributed by atoms with Crippen LogP contribution in [-0.2, 0) is 4.79 Å². The summed E-state index contributed by atoms with van der Waals surface area (Å²) >= 11 is 0. The van der Waals surface area contributed by atoms with Crippen molar-refractivity contribution in [2.45, 2.75) is 38.9 Å². The molecular formula is C22H25FN4O2. The van der Waals surface area contributed by atoms with E-state index in [-0.39, 0.29) is 5.56 Å². The Morgan fingerprint density at radius 2 is 1.76 bits per heavy atom. The van der Waals surface area contributed by atoms with Crippen LogP contribution in [0.3, 0.4) is 0 Å². The molecule has 3 rings (SSSR count). The number of anilines is 1. The highest BCUT2D eigenvalue weighted by Gasteiger charge is 2.32. The van der Waals surface area contributed by atoms with Gasteiger partial charge < -0.3 is 15.5 Å². The molecule has 29 heavy (non-hydrogen) atoms. The first-order chi connectivity index (χ1) is 13.7. The van der Waals surface area contributed by atoms with Crippen LogP contribution in [0.15, 0.2) is 53.5 Å². The van der Waals surface area contributed by atoms with E-state index in [1.54, 1.807) is 49.5 Å². The van der Waals surface area contributed by atoms with Gasteiger partial charge in [0, 0.05) is 23.7 Å². The van der Waals surface area contributed by atoms with E-state index >= 15 is 0 Å². The van der Waals surface area contributed by atoms with Crippen LogP contribution in [0.25, 0.3) is 0 Å². The molecule has 0 aromatic heterocycles. The number of likely N-dealkylation sites (N-methyl/N-ethyl adjacent to an activating group) is 1. The van der Waals surface area contributed by atoms with Crippen molar-refractivity contribution in [1.82, 2.24) is 10.6 Å². The number of carbonyl (C=O) groups is 2. The highest BCUT2D eigenvalue weighted by atomic mass is 19.1. The number of hydrogen-bond donors (Lipinski definition) is 2. The fourth-order valence-corrected chi connectivity index (χ4v) is 3.04. The van der Waals surface area contributed by atoms with Crippen molar-refractivity contribution in [1.29, 1.82) is 0 Å². The third kappa shape index (κ3) is 4.29. The van der Waals surface area contributed by atoms with Gasteiger partial charge in [0.05, 0.1) is 11.4 Å². The molecular weight excluding hydrogens is 371 g/mol. The first-order valence-corrected chi connectivity index (χ1v) is 9.52. The van der Waals surface area contributed by atoms with E-state index in [2.05, 4.69) is 15.6 Å². The molecule has 0 saturated carbocycles. The van der Waals surface area contributed by atoms with Crippen molar-refractivity contribution < 1.29 is 14.0 Å². The van der Waals surface area contributed by atoms with E-state index in [1.165, 1.54) is 11.0 Å². The summed E-state index contributed by atoms with van der Waals surface area (Å²) in [6, 6.07) is 12.9. The smallest absolute Gasteiger partial charge is 0.317 e. The second-order valence-corrected chi connectivity index (χ2v) is 7.61. The van der Waals surface area contributed by atoms with Crippen LogP contribution >= 0.6 is 0 Å². The number of nitrogens with one attached hydrogen (secondary N) is 2. The third-order valence-corrected chi connectivity index (χ3v) is 5.08. The van der Waals surface area contributed by atoms with E-state index in [4.69, 9.17) is 0 Å². The van der Waals surface area contributed by atoms with Crippen molar-refractivity contribution in [3.05, 3.63) is 65.5 Å². The predicted octanol–water partition coefficient (Wildman–Crippen LogP) is 3.45. The molecule has 1 atom stereocenters. The van der Waals surface area contributed by atoms with E-state index in [0.717, 1.165) is 0 Å². The molecule has 0 fully saturated rings. The zero-order valence-electron chi connectivity index (χ0n) is 17.0. The van der Waals surface area contributed by atoms with E-state index < -0.39 is 29.5 Å². The fraction of sp³-hybridized carbons (Fsp3) is 0.318. The number of nitrogens with zero attached hydrogens (tertiary/aromatic N) is 2. The van der Waals surface area contributed by atoms with Crippen molar-refractivity contribution in [3.63, 3.8) is 0 Å². The summed E-state index contributed by atoms with van der Waals surface area (Å²) in [6.07, 6.45) is -0.469. The summed E-state index contributed by atoms with van der Waals surface area (Å²) in [5, 5.41) is 5.46. The molecule has 2 N–H and O–H groups in total. The highest BCUT2D eigenvalue weighted by Crippen LogP contribution is 2.28. The van der Waals surface area contributed by atoms with E-state index in [0.29, 0.717) is 23.4 Å². The molecule has 3 amide bonds. The monoisotopic (exact) mass is 396 g/mol. The molecule has 1 heterocycles. The van der Waals surface area contributed by atoms with Gasteiger partial charge >= 0.3 is 6.03 Å². The number of hydrogen-bond acceptors (Lipinski definition) is 3. The number of amides is 3. The maximum absolute atomic E-state index is 14.6. The SMILES string of the molecule is CCC(C)(C)NC(=O)NC1N=C(c2ccccc2F)c2ccccc2N(C)C1=O. The lowest BCUT2D eigenvalue weighted by atomic mass is 10.00. The van der Waals surface area contributed by atoms with Crippen LogP contribution in [0, 0.1) is 5.82 Å². The third-order valence-electron chi connectivity index (χ3n) is 5.08. The van der Waals surface area contributed by atoms with Crippen LogP contribution < -0.4 is 15.5 Å². The number of fused-ring (bicyclic) bond motifs is 1. The number of para-hydroxylation sites is 1. The molecule has 0 saturated heterocycles. The number of halogens is 1. The van der Waals surface area contributed by atoms with Crippen molar-refractivity contribution in [3.8, 4) is 0 Å². The lowest BCUT2D eigenvalue weighted by molar-refractivity contribution is -0.119. The normalized spacial score (nSPS) is 16.6. The number of benzodiazepines with no additional fused rings is 1. The van der Waals surface area contributed by atoms with Crippen LogP contribution in [0.4, 0.5) is 14.9 Å². The zero-order valence-corrected chi connectivity index (χ0v) is 17.0. The predicted molar refractivity (Wildman–Crippen MR) is 112 cm³/mol. The van der Waals surface area contributed by atoms with Crippen LogP contribution in [-0.4, -0.2) is 36.4 Å². The maximum atomic E-state index is 14.6. The van der Waals surface area contributed by atoms with Gasteiger partial charge in [-0.15, -0.1) is 0 Å². The molecule has 1 aliphatic heterocycles. The average Bonchev–Trinajstić information content (AvgIpc) is 2.79. The largest absolute Gasteiger partial charge is 0.333 e. The quantitative estimate of drug-likeness (QED) is 0.831. The Kier molecular flexibility index (Phi) is 5.68. The van der Waals surface area contributed by atoms with Gasteiger partial charge in [-0.1, -0.05) is 37.3 Å². The summed E-state index contributed by atoms with van der Waals surface area (Å²) in [7, 11) is 1.61. The lowest BCUT2D eigenvalue weighted by Gasteiger charge is -2.26. The van der Waals surface area contributed by atoms with Gasteiger partial charge in [0.2, 0.25) is 6.17 Å². The Bertz CT molecular complexity index is 971. The number of carbonyl (C=O) groups excluding carboxylic acids is 2. The first kappa shape index (κ1) is 20.5. The molecule has 2 aromatic rings. The van der Waals surface area contributed by atoms with Crippen molar-refractivity contribution in [2.24, 2.45) is 4.99 Å². The Labute approximate surface area is 169 Å². The highest BCUT2D eigenvalue weighted by molar-refractivity contribution is 6.20. The van der Waals surface area contributed by atoms with Gasteiger partial charge in [-0.25, -0.2) is 14.2 Å². The Morgan fingerprint density at radius 3 is 2.41 bits per heavy atom. The Morgan fingerprint density at radius 1 is 1.14 bits per heavy atom. The molecule has 6 nitrogen and oxygen atoms in total.